The summed E-state index contributed by atoms with van der Waals surface area (Å²) in [7, 11) is 0.526. The molecule has 4 amide bonds. The Morgan fingerprint density at radius 3 is 0.860 bits per heavy atom. The number of ether oxygens (including phenoxy) is 2. The van der Waals surface area contributed by atoms with Gasteiger partial charge in [-0.15, -0.1) is 46.4 Å². The van der Waals surface area contributed by atoms with Gasteiger partial charge in [-0.05, 0) is 238 Å². The summed E-state index contributed by atoms with van der Waals surface area (Å²) in [5.41, 5.74) is 11.8. The van der Waals surface area contributed by atoms with Crippen molar-refractivity contribution in [2.45, 2.75) is 308 Å². The van der Waals surface area contributed by atoms with Crippen molar-refractivity contribution in [1.82, 2.24) is 51.7 Å². The van der Waals surface area contributed by atoms with Gasteiger partial charge < -0.3 is 77.5 Å². The van der Waals surface area contributed by atoms with Crippen molar-refractivity contribution < 1.29 is 91.9 Å². The summed E-state index contributed by atoms with van der Waals surface area (Å²) in [6.07, 6.45) is 7.41. The number of nitrogens with zero attached hydrogens (tertiary/aromatic N) is 2. The fourth-order valence-electron chi connectivity index (χ4n) is 16.9. The number of methoxy groups -OCH3 is 2. The van der Waals surface area contributed by atoms with Crippen molar-refractivity contribution in [2.24, 2.45) is 5.73 Å². The second-order valence-corrected chi connectivity index (χ2v) is 45.7. The number of halogens is 12. The minimum Gasteiger partial charge on any atom is -0.457 e. The summed E-state index contributed by atoms with van der Waals surface area (Å²) in [5.74, 6) is -5.29. The van der Waals surface area contributed by atoms with Crippen LogP contribution in [0.3, 0.4) is 0 Å². The van der Waals surface area contributed by atoms with Gasteiger partial charge in [0.2, 0.25) is 36.8 Å². The largest absolute Gasteiger partial charge is 0.457 e. The van der Waals surface area contributed by atoms with Gasteiger partial charge in [-0.2, -0.15) is 0 Å². The molecule has 0 heterocycles. The molecule has 6 aromatic rings. The van der Waals surface area contributed by atoms with Crippen LogP contribution in [0.2, 0.25) is 0 Å². The Labute approximate surface area is 877 Å². The third-order valence-electron chi connectivity index (χ3n) is 24.8. The van der Waals surface area contributed by atoms with Crippen molar-refractivity contribution >= 4 is 117 Å². The number of rotatable bonds is 33. The van der Waals surface area contributed by atoms with E-state index in [0.717, 1.165) is 78.6 Å². The number of sulfonamides is 1. The molecule has 6 aromatic carbocycles. The lowest BCUT2D eigenvalue weighted by Gasteiger charge is -2.43. The van der Waals surface area contributed by atoms with Crippen LogP contribution >= 0.6 is 68.7 Å². The molecule has 3 aliphatic carbocycles. The summed E-state index contributed by atoms with van der Waals surface area (Å²) in [5, 5.41) is 55.7. The van der Waals surface area contributed by atoms with Crippen LogP contribution < -0.4 is 47.7 Å². The van der Waals surface area contributed by atoms with Gasteiger partial charge in [-0.3, -0.25) is 14.4 Å². The summed E-state index contributed by atoms with van der Waals surface area (Å²) in [6, 6.07) is 32.5. The maximum Gasteiger partial charge on any atom is 0.407 e. The van der Waals surface area contributed by atoms with E-state index in [4.69, 9.17) is 56.9 Å². The van der Waals surface area contributed by atoms with E-state index < -0.39 is 113 Å². The zero-order chi connectivity index (χ0) is 109. The molecule has 3 aliphatic rings. The lowest BCUT2D eigenvalue weighted by molar-refractivity contribution is -0.121. The van der Waals surface area contributed by atoms with Crippen molar-refractivity contribution in [2.75, 3.05) is 96.3 Å². The molecular weight excluding hydrogens is 2020 g/mol. The predicted molar refractivity (Wildman–Crippen MR) is 569 cm³/mol. The third-order valence-corrected chi connectivity index (χ3v) is 25.7. The average molecular weight is 2180 g/mol. The number of amides is 4. The maximum atomic E-state index is 13.8. The number of carbonyl (C=O) groups is 5. The molecule has 143 heavy (non-hydrogen) atoms. The Morgan fingerprint density at radius 1 is 0.434 bits per heavy atom. The highest BCUT2D eigenvalue weighted by atomic mass is 35.7. The highest BCUT2D eigenvalue weighted by Gasteiger charge is 2.43. The number of aliphatic hydroxyl groups is 3. The van der Waals surface area contributed by atoms with Gasteiger partial charge in [0.05, 0.1) is 73.8 Å². The Hall–Kier alpha value is -6.71. The quantitative estimate of drug-likeness (QED) is 0.0103. The van der Waals surface area contributed by atoms with E-state index in [-0.39, 0.29) is 107 Å². The van der Waals surface area contributed by atoms with Crippen molar-refractivity contribution in [1.29, 1.82) is 0 Å². The number of hydrogen-bond donors (Lipinski definition) is 12. The monoisotopic (exact) mass is 2180 g/mol. The molecule has 0 aromatic heterocycles. The Kier molecular flexibility index (Phi) is 62.6. The smallest absolute Gasteiger partial charge is 0.407 e. The van der Waals surface area contributed by atoms with Gasteiger partial charge >= 0.3 is 11.5 Å². The molecule has 6 atom stereocenters. The number of nitrogens with two attached hydrogens (primary N) is 1. The lowest BCUT2D eigenvalue weighted by Crippen LogP contribution is -2.54. The fourth-order valence-corrected chi connectivity index (χ4v) is 17.8. The summed E-state index contributed by atoms with van der Waals surface area (Å²) in [4.78, 5) is 61.5. The zero-order valence-corrected chi connectivity index (χ0v) is 93.5. The van der Waals surface area contributed by atoms with E-state index in [1.54, 1.807) is 0 Å². The molecule has 0 radical (unpaired) electrons. The van der Waals surface area contributed by atoms with E-state index in [1.165, 1.54) is 122 Å². The molecule has 39 heteroatoms. The van der Waals surface area contributed by atoms with E-state index in [0.29, 0.717) is 68.1 Å². The number of nitrogens with one attached hydrogen (secondary N) is 8. The number of alkyl carbamates (subject to hydrolysis) is 1. The number of aliphatic hydroxyl groups excluding tert-OH is 3. The average Bonchev–Trinajstić information content (AvgIpc) is 0.790. The minimum atomic E-state index is -3.34. The first kappa shape index (κ1) is 134. The number of benzene rings is 6. The third kappa shape index (κ3) is 54.4. The number of carbonyl (C=O) groups excluding carboxylic acids is 5. The van der Waals surface area contributed by atoms with Crippen LogP contribution in [-0.4, -0.2) is 222 Å². The highest BCUT2D eigenvalue weighted by Crippen LogP contribution is 2.43. The second-order valence-electron chi connectivity index (χ2n) is 38.9. The first-order valence-corrected chi connectivity index (χ1v) is 55.3. The molecule has 3 saturated carbocycles. The van der Waals surface area contributed by atoms with E-state index in [2.05, 4.69) is 237 Å². The van der Waals surface area contributed by atoms with Gasteiger partial charge in [0, 0.05) is 116 Å². The topological polar surface area (TPSA) is 362 Å². The van der Waals surface area contributed by atoms with Gasteiger partial charge in [0.1, 0.15) is 34.9 Å². The predicted octanol–water partition coefficient (Wildman–Crippen LogP) is 18.9. The van der Waals surface area contributed by atoms with Crippen LogP contribution in [0.4, 0.5) is 35.9 Å². The molecule has 0 spiro atoms. The Balaban J connectivity index is 0.000000934. The summed E-state index contributed by atoms with van der Waals surface area (Å²) >= 11 is 23.7. The van der Waals surface area contributed by atoms with Crippen molar-refractivity contribution in [3.8, 4) is 0 Å². The first-order valence-electron chi connectivity index (χ1n) is 48.2. The van der Waals surface area contributed by atoms with Crippen LogP contribution in [0.5, 0.6) is 0 Å². The number of hydrogen-bond acceptors (Lipinski definition) is 20. The van der Waals surface area contributed by atoms with Gasteiger partial charge in [0.15, 0.2) is 0 Å². The zero-order valence-electron chi connectivity index (χ0n) is 87.4. The Bertz CT molecular complexity index is 4890. The Morgan fingerprint density at radius 2 is 0.664 bits per heavy atom. The van der Waals surface area contributed by atoms with Crippen LogP contribution in [0.1, 0.15) is 252 Å². The molecule has 812 valence electrons. The summed E-state index contributed by atoms with van der Waals surface area (Å²) in [6.45, 7) is 44.1. The molecule has 0 aliphatic heterocycles. The maximum absolute atomic E-state index is 13.8. The fraction of sp³-hybridized carbons (Fsp3) is 0.606. The normalized spacial score (nSPS) is 19.1. The van der Waals surface area contributed by atoms with Gasteiger partial charge in [-0.25, -0.2) is 57.5 Å². The van der Waals surface area contributed by atoms with Crippen LogP contribution in [0.15, 0.2) is 127 Å². The van der Waals surface area contributed by atoms with E-state index >= 15 is 0 Å². The van der Waals surface area contributed by atoms with Crippen LogP contribution in [0, 0.1) is 34.9 Å². The lowest BCUT2D eigenvalue weighted by atomic mass is 9.73. The second kappa shape index (κ2) is 66.7. The van der Waals surface area contributed by atoms with E-state index in [1.807, 2.05) is 18.2 Å². The van der Waals surface area contributed by atoms with E-state index in [9.17, 15) is 82.5 Å². The molecule has 0 bridgehead atoms. The summed E-state index contributed by atoms with van der Waals surface area (Å²) < 4.78 is 136. The number of alkyl halides is 4. The molecule has 0 unspecified atom stereocenters. The highest BCUT2D eigenvalue weighted by molar-refractivity contribution is 8.13. The van der Waals surface area contributed by atoms with Crippen LogP contribution in [0.25, 0.3) is 0 Å². The molecule has 13 N–H and O–H groups in total. The standard InChI is InChI=1S/C30H41F2N3O4.C29H41F2N3O4S.C28H39F2N3O2.2C6H15N.C2H3ClO2.2CH2Cl2.CH3ClO2S/c1-19(36)34-26(15-20-13-23(31)17-24(32)14-20)27(37)18-33-30(11-9-25(10-12-30)35-28(38)39-5)22-8-6-7-21(16-22)29(2,3)4;1-19(35)33-26(15-20-13-23(30)17-24(31)14-20)27(36)18-32-29(11-9-25(10-12-29)34-39(5,37)38)22-8-6-7-21(16-22)28(2,3)4;1-18(34)33-25(14-19-12-22(29)16-23(30)13-19)26(35)17-32-28(10-8-24(31)9-11-28)21-7-5-6-20(15-21)27(2,3)4;2*1-4-7(5-2)6-3;1-5-2(3)4;2*2-1-3;1-5(2,3)4/h6-8,13-14,16-17,25-27,33,37H,9-12,15,18H2,1-5H3,(H,34,36)(H,35,38);6-8,13-14,16-17,25-27,32,34,36H,9-12,15,18H2,1-5H3,(H,33,35);5-7,12-13,15-16,24-26,32,35H,8-11,14,17,31H2,1-4H3,(H,33,34);2*4-6H2,1-3H3;1H3;2*1H2;1H3/t25?,26-,27+,30?;25?,26-,27+,29?;24?,25-,26+,28?;;;;;;/m000....../s1. The molecule has 25 nitrogen and oxygen atoms in total. The molecule has 0 saturated heterocycles. The molecular formula is C104H161Cl6F6N11O14S2. The van der Waals surface area contributed by atoms with Gasteiger partial charge in [0.25, 0.3) is 0 Å². The SMILES string of the molecule is CC(=O)N[C@@H](Cc1cc(F)cc(F)c1)[C@H](O)CNC1(c2cccc(C(C)(C)C)c2)CCC(N)CC1.CC(=O)N[C@@H](Cc1cc(F)cc(F)c1)[C@H](O)CNC1(c2cccc(C(C)(C)C)c2)CCC(NS(C)(=O)=O)CC1.CCN(CC)CC.CCN(CC)CC.COC(=O)Cl.COC(=O)NC1CCC(NC[C@@H](O)[C@H](Cc2cc(F)cc(F)c2)NC(C)=O)(c2cccc(C(C)(C)C)c2)CC1.CS(=O)(=O)Cl.ClCCl.ClCCl. The van der Waals surface area contributed by atoms with Crippen molar-refractivity contribution in [3.05, 3.63) is 212 Å². The molecule has 9 rings (SSSR count). The van der Waals surface area contributed by atoms with Gasteiger partial charge in [-0.1, -0.05) is 177 Å². The van der Waals surface area contributed by atoms with Crippen molar-refractivity contribution in [3.63, 3.8) is 0 Å². The first-order chi connectivity index (χ1) is 66.5. The minimum absolute atomic E-state index is 0.00147. The molecule has 3 fully saturated rings. The van der Waals surface area contributed by atoms with Crippen LogP contribution in [-0.2, 0) is 95.1 Å².